The van der Waals surface area contributed by atoms with E-state index in [0.717, 1.165) is 11.2 Å². The second-order valence-corrected chi connectivity index (χ2v) is 7.86. The first kappa shape index (κ1) is 18.8. The lowest BCUT2D eigenvalue weighted by Gasteiger charge is -2.40. The van der Waals surface area contributed by atoms with Crippen molar-refractivity contribution in [1.82, 2.24) is 0 Å². The van der Waals surface area contributed by atoms with Gasteiger partial charge in [-0.1, -0.05) is 30.4 Å². The van der Waals surface area contributed by atoms with Gasteiger partial charge in [-0.05, 0) is 38.8 Å². The van der Waals surface area contributed by atoms with E-state index in [2.05, 4.69) is 6.07 Å². The molecule has 0 saturated heterocycles. The summed E-state index contributed by atoms with van der Waals surface area (Å²) >= 11 is 0. The van der Waals surface area contributed by atoms with E-state index in [1.165, 1.54) is 0 Å². The van der Waals surface area contributed by atoms with Gasteiger partial charge in [0, 0.05) is 12.3 Å². The lowest BCUT2D eigenvalue weighted by Crippen LogP contribution is -2.53. The number of amides is 2. The Morgan fingerprint density at radius 3 is 2.74 bits per heavy atom. The van der Waals surface area contributed by atoms with E-state index in [1.807, 2.05) is 12.2 Å². The first-order valence-corrected chi connectivity index (χ1v) is 8.94. The highest BCUT2D eigenvalue weighted by molar-refractivity contribution is 6.21. The summed E-state index contributed by atoms with van der Waals surface area (Å²) in [5.41, 5.74) is -1.02. The second-order valence-electron chi connectivity index (χ2n) is 7.86. The van der Waals surface area contributed by atoms with Crippen LogP contribution < -0.4 is 4.90 Å². The summed E-state index contributed by atoms with van der Waals surface area (Å²) in [4.78, 5) is 38.8. The summed E-state index contributed by atoms with van der Waals surface area (Å²) in [7, 11) is 0. The molecule has 0 bridgehead atoms. The number of fused-ring (bicyclic) bond motifs is 2. The highest BCUT2D eigenvalue weighted by Gasteiger charge is 2.61. The largest absolute Gasteiger partial charge is 0.443 e. The molecule has 2 amide bonds. The zero-order valence-corrected chi connectivity index (χ0v) is 15.6. The molecule has 0 saturated carbocycles. The molecule has 1 aromatic carbocycles. The summed E-state index contributed by atoms with van der Waals surface area (Å²) < 4.78 is 5.44. The fourth-order valence-corrected chi connectivity index (χ4v) is 4.11. The number of hydrogen-bond acceptors (Lipinski definition) is 5. The van der Waals surface area contributed by atoms with Crippen molar-refractivity contribution in [1.29, 1.82) is 5.26 Å². The Morgan fingerprint density at radius 1 is 1.41 bits per heavy atom. The Morgan fingerprint density at radius 2 is 2.11 bits per heavy atom. The van der Waals surface area contributed by atoms with Gasteiger partial charge in [-0.2, -0.15) is 5.26 Å². The molecule has 0 N–H and O–H groups in total. The maximum absolute atomic E-state index is 13.6. The molecule has 1 aromatic rings. The molecule has 2 aliphatic rings. The van der Waals surface area contributed by atoms with Crippen LogP contribution in [-0.4, -0.2) is 23.9 Å². The van der Waals surface area contributed by atoms with Gasteiger partial charge in [0.25, 0.3) is 0 Å². The number of para-hydroxylation sites is 1. The molecule has 140 valence electrons. The number of carbonyl (C=O) groups is 3. The van der Waals surface area contributed by atoms with Crippen LogP contribution in [0.1, 0.15) is 39.2 Å². The number of anilines is 1. The van der Waals surface area contributed by atoms with Gasteiger partial charge in [0.2, 0.25) is 5.91 Å². The predicted molar refractivity (Wildman–Crippen MR) is 98.9 cm³/mol. The lowest BCUT2D eigenvalue weighted by molar-refractivity contribution is -0.126. The Labute approximate surface area is 158 Å². The van der Waals surface area contributed by atoms with Crippen LogP contribution in [0.15, 0.2) is 36.4 Å². The van der Waals surface area contributed by atoms with Crippen LogP contribution in [0.4, 0.5) is 10.5 Å². The van der Waals surface area contributed by atoms with Gasteiger partial charge in [0.1, 0.15) is 11.9 Å². The van der Waals surface area contributed by atoms with Crippen molar-refractivity contribution >= 4 is 24.0 Å². The number of allylic oxidation sites excluding steroid dienone is 2. The summed E-state index contributed by atoms with van der Waals surface area (Å²) in [5, 5.41) is 9.80. The van der Waals surface area contributed by atoms with Crippen LogP contribution in [0.2, 0.25) is 0 Å². The number of nitriles is 1. The molecular formula is C21H22N2O4. The van der Waals surface area contributed by atoms with Crippen molar-refractivity contribution in [2.24, 2.45) is 11.8 Å². The summed E-state index contributed by atoms with van der Waals surface area (Å²) in [6, 6.07) is 9.19. The topological polar surface area (TPSA) is 87.5 Å². The zero-order chi connectivity index (χ0) is 19.8. The van der Waals surface area contributed by atoms with Crippen LogP contribution in [0.5, 0.6) is 0 Å². The van der Waals surface area contributed by atoms with Crippen LogP contribution >= 0.6 is 0 Å². The van der Waals surface area contributed by atoms with Crippen LogP contribution in [0, 0.1) is 23.2 Å². The standard InChI is InChI=1S/C21H22N2O4/c1-20(2,3)27-19(26)23-17-10-5-4-9-16(17)21(18(23)25)14(11-12-24)7-6-8-15(21)13-22/h4-7,9-10,12,14-15H,8,11H2,1-3H3/t14-,15-,21+/m1/s1. The van der Waals surface area contributed by atoms with Gasteiger partial charge >= 0.3 is 6.09 Å². The number of nitrogens with zero attached hydrogens (tertiary/aromatic N) is 2. The van der Waals surface area contributed by atoms with E-state index < -0.39 is 34.9 Å². The summed E-state index contributed by atoms with van der Waals surface area (Å²) in [6.07, 6.45) is 4.11. The SMILES string of the molecule is CC(C)(C)OC(=O)N1C(=O)[C@@]2(c3ccccc31)[C@@H](CC=O)C=CC[C@@H]2C#N. The van der Waals surface area contributed by atoms with Gasteiger partial charge in [-0.15, -0.1) is 0 Å². The van der Waals surface area contributed by atoms with Crippen molar-refractivity contribution < 1.29 is 19.1 Å². The first-order valence-electron chi connectivity index (χ1n) is 8.94. The van der Waals surface area contributed by atoms with Crippen LogP contribution in [-0.2, 0) is 19.7 Å². The van der Waals surface area contributed by atoms with E-state index in [1.54, 1.807) is 45.0 Å². The minimum atomic E-state index is -1.27. The smallest absolute Gasteiger partial charge is 0.421 e. The third-order valence-electron chi connectivity index (χ3n) is 5.10. The van der Waals surface area contributed by atoms with E-state index >= 15 is 0 Å². The Bertz CT molecular complexity index is 862. The number of imide groups is 1. The maximum Gasteiger partial charge on any atom is 0.421 e. The van der Waals surface area contributed by atoms with E-state index in [0.29, 0.717) is 17.7 Å². The molecule has 1 heterocycles. The maximum atomic E-state index is 13.6. The number of carbonyl (C=O) groups excluding carboxylic acids is 3. The second kappa shape index (κ2) is 6.66. The fourth-order valence-electron chi connectivity index (χ4n) is 4.11. The molecule has 27 heavy (non-hydrogen) atoms. The molecule has 1 aliphatic carbocycles. The van der Waals surface area contributed by atoms with Crippen LogP contribution in [0.25, 0.3) is 0 Å². The van der Waals surface area contributed by atoms with Crippen molar-refractivity contribution in [2.75, 3.05) is 4.90 Å². The Hall–Kier alpha value is -2.94. The van der Waals surface area contributed by atoms with Crippen molar-refractivity contribution in [3.05, 3.63) is 42.0 Å². The predicted octanol–water partition coefficient (Wildman–Crippen LogP) is 3.51. The summed E-state index contributed by atoms with van der Waals surface area (Å²) in [5.74, 6) is -1.66. The minimum absolute atomic E-state index is 0.0942. The third kappa shape index (κ3) is 2.84. The molecule has 1 spiro atoms. The molecule has 0 unspecified atom stereocenters. The molecule has 6 heteroatoms. The number of hydrogen-bond donors (Lipinski definition) is 0. The molecule has 3 atom stereocenters. The quantitative estimate of drug-likeness (QED) is 0.590. The van der Waals surface area contributed by atoms with Crippen molar-refractivity contribution in [3.63, 3.8) is 0 Å². The molecule has 0 fully saturated rings. The number of ether oxygens (including phenoxy) is 1. The van der Waals surface area contributed by atoms with Gasteiger partial charge in [-0.25, -0.2) is 9.69 Å². The highest BCUT2D eigenvalue weighted by atomic mass is 16.6. The molecule has 0 radical (unpaired) electrons. The van der Waals surface area contributed by atoms with Gasteiger partial charge < -0.3 is 9.53 Å². The number of aldehydes is 1. The van der Waals surface area contributed by atoms with Crippen LogP contribution in [0.3, 0.4) is 0 Å². The lowest BCUT2D eigenvalue weighted by atomic mass is 9.59. The molecule has 6 nitrogen and oxygen atoms in total. The number of benzene rings is 1. The normalized spacial score (nSPS) is 26.6. The van der Waals surface area contributed by atoms with E-state index in [9.17, 15) is 19.6 Å². The Balaban J connectivity index is 2.21. The highest BCUT2D eigenvalue weighted by Crippen LogP contribution is 2.54. The van der Waals surface area contributed by atoms with Gasteiger partial charge in [0.05, 0.1) is 23.1 Å². The summed E-state index contributed by atoms with van der Waals surface area (Å²) in [6.45, 7) is 5.18. The fraction of sp³-hybridized carbons (Fsp3) is 0.429. The average molecular weight is 366 g/mol. The molecule has 3 rings (SSSR count). The molecular weight excluding hydrogens is 344 g/mol. The monoisotopic (exact) mass is 366 g/mol. The van der Waals surface area contributed by atoms with E-state index in [4.69, 9.17) is 4.74 Å². The third-order valence-corrected chi connectivity index (χ3v) is 5.10. The van der Waals surface area contributed by atoms with Gasteiger partial charge in [0.15, 0.2) is 0 Å². The Kier molecular flexibility index (Phi) is 4.64. The van der Waals surface area contributed by atoms with Crippen molar-refractivity contribution in [2.45, 2.75) is 44.6 Å². The molecule has 0 aromatic heterocycles. The average Bonchev–Trinajstić information content (AvgIpc) is 2.85. The minimum Gasteiger partial charge on any atom is -0.443 e. The van der Waals surface area contributed by atoms with Gasteiger partial charge in [-0.3, -0.25) is 4.79 Å². The van der Waals surface area contributed by atoms with E-state index in [-0.39, 0.29) is 6.42 Å². The first-order chi connectivity index (χ1) is 12.8. The molecule has 1 aliphatic heterocycles. The zero-order valence-electron chi connectivity index (χ0n) is 15.6. The van der Waals surface area contributed by atoms with Crippen molar-refractivity contribution in [3.8, 4) is 6.07 Å². The number of rotatable bonds is 2.